The summed E-state index contributed by atoms with van der Waals surface area (Å²) in [7, 11) is 1.31. The van der Waals surface area contributed by atoms with Crippen LogP contribution in [0, 0.1) is 0 Å². The number of aliphatic hydroxyl groups excluding tert-OH is 1. The minimum Gasteiger partial charge on any atom is -0.508 e. The fourth-order valence-electron chi connectivity index (χ4n) is 4.70. The first-order valence-corrected chi connectivity index (χ1v) is 11.6. The standard InChI is InChI=1S/C30H23NO6/c1-37-25(33)16-18-12-14-21(15-13-18)31-27(20-8-4-9-22(32)17-20)26(29(35)30(31)36)28(34)24-11-5-7-19-6-2-3-10-23(19)24/h2-15,17,27,32,34H,16H2,1H3/b28-26-. The second-order valence-electron chi connectivity index (χ2n) is 8.71. The summed E-state index contributed by atoms with van der Waals surface area (Å²) in [5, 5.41) is 23.3. The van der Waals surface area contributed by atoms with Crippen LogP contribution in [0.2, 0.25) is 0 Å². The van der Waals surface area contributed by atoms with E-state index in [1.54, 1.807) is 48.5 Å². The maximum absolute atomic E-state index is 13.4. The van der Waals surface area contributed by atoms with Crippen molar-refractivity contribution in [3.63, 3.8) is 0 Å². The molecule has 4 aromatic rings. The number of anilines is 1. The van der Waals surface area contributed by atoms with Gasteiger partial charge in [-0.2, -0.15) is 0 Å². The summed E-state index contributed by atoms with van der Waals surface area (Å²) in [5.41, 5.74) is 1.89. The largest absolute Gasteiger partial charge is 0.508 e. The maximum atomic E-state index is 13.4. The van der Waals surface area contributed by atoms with E-state index in [1.165, 1.54) is 24.1 Å². The number of methoxy groups -OCH3 is 1. The molecule has 5 rings (SSSR count). The molecule has 7 heteroatoms. The van der Waals surface area contributed by atoms with E-state index in [2.05, 4.69) is 0 Å². The van der Waals surface area contributed by atoms with Gasteiger partial charge < -0.3 is 14.9 Å². The normalized spacial score (nSPS) is 16.8. The molecule has 1 amide bonds. The number of hydrogen-bond donors (Lipinski definition) is 2. The first-order valence-electron chi connectivity index (χ1n) is 11.6. The Balaban J connectivity index is 1.68. The van der Waals surface area contributed by atoms with Crippen molar-refractivity contribution in [1.82, 2.24) is 0 Å². The third-order valence-corrected chi connectivity index (χ3v) is 6.47. The SMILES string of the molecule is COC(=O)Cc1ccc(N2C(=O)C(=O)/C(=C(\O)c3cccc4ccccc34)C2c2cccc(O)c2)cc1. The number of rotatable bonds is 5. The molecule has 0 aliphatic carbocycles. The van der Waals surface area contributed by atoms with Crippen LogP contribution in [0.5, 0.6) is 5.75 Å². The van der Waals surface area contributed by atoms with Crippen LogP contribution >= 0.6 is 0 Å². The second-order valence-corrected chi connectivity index (χ2v) is 8.71. The minimum absolute atomic E-state index is 0.0401. The summed E-state index contributed by atoms with van der Waals surface area (Å²) in [6.45, 7) is 0. The van der Waals surface area contributed by atoms with Crippen molar-refractivity contribution in [3.8, 4) is 5.75 Å². The Hall–Kier alpha value is -4.91. The molecule has 7 nitrogen and oxygen atoms in total. The van der Waals surface area contributed by atoms with Gasteiger partial charge in [-0.3, -0.25) is 19.3 Å². The van der Waals surface area contributed by atoms with E-state index in [-0.39, 0.29) is 23.5 Å². The monoisotopic (exact) mass is 493 g/mol. The summed E-state index contributed by atoms with van der Waals surface area (Å²) in [4.78, 5) is 39.8. The number of carbonyl (C=O) groups is 3. The molecule has 37 heavy (non-hydrogen) atoms. The molecule has 1 atom stereocenters. The van der Waals surface area contributed by atoms with Crippen LogP contribution in [-0.2, 0) is 25.5 Å². The Morgan fingerprint density at radius 2 is 1.62 bits per heavy atom. The Morgan fingerprint density at radius 1 is 0.919 bits per heavy atom. The lowest BCUT2D eigenvalue weighted by atomic mass is 9.93. The van der Waals surface area contributed by atoms with Crippen LogP contribution in [0.15, 0.2) is 96.6 Å². The number of aliphatic hydroxyl groups is 1. The number of ether oxygens (including phenoxy) is 1. The van der Waals surface area contributed by atoms with Gasteiger partial charge in [0, 0.05) is 11.3 Å². The van der Waals surface area contributed by atoms with Crippen molar-refractivity contribution in [3.05, 3.63) is 113 Å². The van der Waals surface area contributed by atoms with Gasteiger partial charge in [0.1, 0.15) is 11.5 Å². The number of fused-ring (bicyclic) bond motifs is 1. The molecule has 4 aromatic carbocycles. The van der Waals surface area contributed by atoms with Crippen LogP contribution in [0.4, 0.5) is 5.69 Å². The first-order chi connectivity index (χ1) is 17.9. The van der Waals surface area contributed by atoms with E-state index in [0.717, 1.165) is 10.8 Å². The lowest BCUT2D eigenvalue weighted by Gasteiger charge is -2.26. The molecule has 0 saturated carbocycles. The predicted molar refractivity (Wildman–Crippen MR) is 139 cm³/mol. The Bertz CT molecular complexity index is 1570. The first kappa shape index (κ1) is 23.8. The lowest BCUT2D eigenvalue weighted by molar-refractivity contribution is -0.139. The van der Waals surface area contributed by atoms with Crippen molar-refractivity contribution >= 4 is 39.9 Å². The molecule has 0 radical (unpaired) electrons. The molecule has 1 saturated heterocycles. The topological polar surface area (TPSA) is 104 Å². The van der Waals surface area contributed by atoms with Crippen LogP contribution < -0.4 is 4.90 Å². The Labute approximate surface area is 212 Å². The highest BCUT2D eigenvalue weighted by atomic mass is 16.5. The predicted octanol–water partition coefficient (Wildman–Crippen LogP) is 4.89. The molecule has 184 valence electrons. The molecular weight excluding hydrogens is 470 g/mol. The summed E-state index contributed by atoms with van der Waals surface area (Å²) in [6, 6.07) is 24.7. The summed E-state index contributed by atoms with van der Waals surface area (Å²) in [6.07, 6.45) is 0.0622. The molecule has 0 spiro atoms. The van der Waals surface area contributed by atoms with E-state index >= 15 is 0 Å². The molecule has 2 N–H and O–H groups in total. The van der Waals surface area contributed by atoms with Gasteiger partial charge in [-0.1, -0.05) is 66.7 Å². The van der Waals surface area contributed by atoms with E-state index in [1.807, 2.05) is 30.3 Å². The van der Waals surface area contributed by atoms with E-state index in [0.29, 0.717) is 22.4 Å². The number of phenols is 1. The second kappa shape index (κ2) is 9.62. The quantitative estimate of drug-likeness (QED) is 0.178. The molecule has 1 unspecified atom stereocenters. The highest BCUT2D eigenvalue weighted by Crippen LogP contribution is 2.43. The Morgan fingerprint density at radius 3 is 2.35 bits per heavy atom. The fourth-order valence-corrected chi connectivity index (χ4v) is 4.70. The number of Topliss-reactive ketones (excluding diaryl/α,β-unsaturated/α-hetero) is 1. The van der Waals surface area contributed by atoms with Crippen molar-refractivity contribution in [1.29, 1.82) is 0 Å². The number of hydrogen-bond acceptors (Lipinski definition) is 6. The van der Waals surface area contributed by atoms with E-state index in [9.17, 15) is 24.6 Å². The van der Waals surface area contributed by atoms with Gasteiger partial charge in [0.25, 0.3) is 11.7 Å². The molecule has 0 aromatic heterocycles. The van der Waals surface area contributed by atoms with Crippen molar-refractivity contribution < 1.29 is 29.3 Å². The molecule has 0 bridgehead atoms. The zero-order valence-corrected chi connectivity index (χ0v) is 19.9. The van der Waals surface area contributed by atoms with Gasteiger partial charge >= 0.3 is 5.97 Å². The zero-order chi connectivity index (χ0) is 26.1. The number of nitrogens with zero attached hydrogens (tertiary/aromatic N) is 1. The number of phenolic OH excluding ortho intramolecular Hbond substituents is 1. The smallest absolute Gasteiger partial charge is 0.309 e. The highest BCUT2D eigenvalue weighted by molar-refractivity contribution is 6.51. The Kier molecular flexibility index (Phi) is 6.19. The average molecular weight is 494 g/mol. The van der Waals surface area contributed by atoms with Gasteiger partial charge in [-0.15, -0.1) is 0 Å². The molecule has 1 aliphatic rings. The maximum Gasteiger partial charge on any atom is 0.309 e. The number of amides is 1. The number of ketones is 1. The van der Waals surface area contributed by atoms with Gasteiger partial charge in [-0.25, -0.2) is 0 Å². The van der Waals surface area contributed by atoms with Crippen molar-refractivity contribution in [2.75, 3.05) is 12.0 Å². The van der Waals surface area contributed by atoms with Crippen molar-refractivity contribution in [2.24, 2.45) is 0 Å². The molecule has 1 aliphatic heterocycles. The van der Waals surface area contributed by atoms with Gasteiger partial charge in [0.15, 0.2) is 0 Å². The third kappa shape index (κ3) is 4.31. The number of esters is 1. The van der Waals surface area contributed by atoms with Crippen LogP contribution in [0.3, 0.4) is 0 Å². The molecular formula is C30H23NO6. The third-order valence-electron chi connectivity index (χ3n) is 6.47. The van der Waals surface area contributed by atoms with Gasteiger partial charge in [0.05, 0.1) is 25.1 Å². The average Bonchev–Trinajstić information content (AvgIpc) is 3.18. The van der Waals surface area contributed by atoms with Crippen LogP contribution in [-0.4, -0.2) is 35.0 Å². The van der Waals surface area contributed by atoms with E-state index < -0.39 is 23.7 Å². The lowest BCUT2D eigenvalue weighted by Crippen LogP contribution is -2.29. The fraction of sp³-hybridized carbons (Fsp3) is 0.100. The van der Waals surface area contributed by atoms with E-state index in [4.69, 9.17) is 4.74 Å². The van der Waals surface area contributed by atoms with Crippen molar-refractivity contribution in [2.45, 2.75) is 12.5 Å². The van der Waals surface area contributed by atoms with Crippen LogP contribution in [0.1, 0.15) is 22.7 Å². The minimum atomic E-state index is -0.988. The van der Waals surface area contributed by atoms with Gasteiger partial charge in [0.2, 0.25) is 0 Å². The summed E-state index contributed by atoms with van der Waals surface area (Å²) < 4.78 is 4.71. The highest BCUT2D eigenvalue weighted by Gasteiger charge is 2.47. The molecule has 1 fully saturated rings. The molecule has 1 heterocycles. The number of benzene rings is 4. The number of carbonyl (C=O) groups excluding carboxylic acids is 3. The summed E-state index contributed by atoms with van der Waals surface area (Å²) >= 11 is 0. The van der Waals surface area contributed by atoms with Crippen LogP contribution in [0.25, 0.3) is 16.5 Å². The zero-order valence-electron chi connectivity index (χ0n) is 19.9. The number of aromatic hydroxyl groups is 1. The summed E-state index contributed by atoms with van der Waals surface area (Å²) in [5.74, 6) is -2.38. The van der Waals surface area contributed by atoms with Gasteiger partial charge in [-0.05, 0) is 46.2 Å².